The molecular weight excluding hydrogens is 512 g/mol. The van der Waals surface area contributed by atoms with Gasteiger partial charge in [-0.25, -0.2) is 4.98 Å². The molecule has 0 radical (unpaired) electrons. The molecule has 3 aromatic carbocycles. The lowest BCUT2D eigenvalue weighted by atomic mass is 9.91. The molecule has 39 heavy (non-hydrogen) atoms. The van der Waals surface area contributed by atoms with Crippen molar-refractivity contribution in [2.45, 2.75) is 46.1 Å². The first-order chi connectivity index (χ1) is 18.6. The zero-order chi connectivity index (χ0) is 28.0. The zero-order valence-corrected chi connectivity index (χ0v) is 23.3. The van der Waals surface area contributed by atoms with Crippen LogP contribution in [-0.4, -0.2) is 34.0 Å². The number of rotatable bonds is 6. The molecule has 7 nitrogen and oxygen atoms in total. The molecule has 2 heterocycles. The third kappa shape index (κ3) is 4.55. The first-order valence-electron chi connectivity index (χ1n) is 12.8. The van der Waals surface area contributed by atoms with Crippen LogP contribution in [0.15, 0.2) is 60.2 Å². The first-order valence-corrected chi connectivity index (χ1v) is 13.6. The molecule has 1 saturated heterocycles. The summed E-state index contributed by atoms with van der Waals surface area (Å²) < 4.78 is 6.46. The fourth-order valence-electron chi connectivity index (χ4n) is 5.01. The number of nitrogens with zero attached hydrogens (tertiary/aromatic N) is 2. The molecule has 8 heteroatoms. The average molecular weight is 543 g/mol. The molecular formula is C31H30N2O5S. The van der Waals surface area contributed by atoms with Gasteiger partial charge < -0.3 is 14.9 Å². The van der Waals surface area contributed by atoms with Crippen LogP contribution in [0.25, 0.3) is 16.0 Å². The number of methoxy groups -OCH3 is 1. The Morgan fingerprint density at radius 3 is 2.46 bits per heavy atom. The van der Waals surface area contributed by atoms with Crippen LogP contribution in [0.5, 0.6) is 11.5 Å². The Morgan fingerprint density at radius 1 is 1.10 bits per heavy atom. The van der Waals surface area contributed by atoms with Gasteiger partial charge in [0.05, 0.1) is 28.9 Å². The number of aryl methyl sites for hydroxylation is 2. The summed E-state index contributed by atoms with van der Waals surface area (Å²) >= 11 is 1.33. The number of aliphatic hydroxyl groups excluding tert-OH is 1. The number of ketones is 1. The summed E-state index contributed by atoms with van der Waals surface area (Å²) in [6, 6.07) is 15.0. The van der Waals surface area contributed by atoms with Gasteiger partial charge in [-0.3, -0.25) is 14.5 Å². The number of fused-ring (bicyclic) bond motifs is 1. The number of benzene rings is 3. The van der Waals surface area contributed by atoms with Gasteiger partial charge in [0, 0.05) is 5.56 Å². The molecule has 200 valence electrons. The number of ether oxygens (including phenoxy) is 1. The number of aromatic hydroxyl groups is 1. The number of Topliss-reactive ketones (excluding diaryl/α,β-unsaturated/α-hetero) is 1. The summed E-state index contributed by atoms with van der Waals surface area (Å²) in [5, 5.41) is 22.0. The third-order valence-electron chi connectivity index (χ3n) is 7.16. The predicted octanol–water partition coefficient (Wildman–Crippen LogP) is 6.63. The second-order valence-corrected chi connectivity index (χ2v) is 11.0. The lowest BCUT2D eigenvalue weighted by Crippen LogP contribution is -2.29. The quantitative estimate of drug-likeness (QED) is 0.161. The van der Waals surface area contributed by atoms with Crippen molar-refractivity contribution in [2.24, 2.45) is 0 Å². The molecule has 0 spiro atoms. The predicted molar refractivity (Wildman–Crippen MR) is 154 cm³/mol. The molecule has 0 bridgehead atoms. The molecule has 5 rings (SSSR count). The lowest BCUT2D eigenvalue weighted by Gasteiger charge is -2.23. The second-order valence-electron chi connectivity index (χ2n) is 9.98. The van der Waals surface area contributed by atoms with E-state index in [1.54, 1.807) is 19.2 Å². The van der Waals surface area contributed by atoms with Crippen LogP contribution in [0, 0.1) is 6.92 Å². The van der Waals surface area contributed by atoms with Crippen molar-refractivity contribution in [3.63, 3.8) is 0 Å². The molecule has 1 unspecified atom stereocenters. The van der Waals surface area contributed by atoms with Crippen LogP contribution in [0.2, 0.25) is 0 Å². The van der Waals surface area contributed by atoms with Crippen molar-refractivity contribution in [3.05, 3.63) is 88.0 Å². The van der Waals surface area contributed by atoms with E-state index < -0.39 is 17.7 Å². The Labute approximate surface area is 231 Å². The number of phenolic OH excluding ortho intramolecular Hbond substituents is 1. The van der Waals surface area contributed by atoms with Gasteiger partial charge in [0.1, 0.15) is 17.3 Å². The second kappa shape index (κ2) is 10.2. The van der Waals surface area contributed by atoms with E-state index in [4.69, 9.17) is 9.72 Å². The number of aliphatic hydroxyl groups is 1. The summed E-state index contributed by atoms with van der Waals surface area (Å²) in [4.78, 5) is 33.3. The summed E-state index contributed by atoms with van der Waals surface area (Å²) in [6.45, 7) is 7.93. The maximum atomic E-state index is 13.6. The van der Waals surface area contributed by atoms with Gasteiger partial charge in [0.25, 0.3) is 5.78 Å². The Balaban J connectivity index is 1.74. The highest BCUT2D eigenvalue weighted by Crippen LogP contribution is 2.45. The highest BCUT2D eigenvalue weighted by Gasteiger charge is 2.48. The molecule has 1 aliphatic rings. The van der Waals surface area contributed by atoms with Gasteiger partial charge in [-0.2, -0.15) is 0 Å². The van der Waals surface area contributed by atoms with E-state index in [0.717, 1.165) is 27.8 Å². The van der Waals surface area contributed by atoms with Crippen molar-refractivity contribution in [2.75, 3.05) is 12.0 Å². The third-order valence-corrected chi connectivity index (χ3v) is 8.18. The standard InChI is InChI=1S/C31H30N2O5S/c1-6-18-7-12-23-25(14-18)39-31(32-23)33-27(19-8-10-20(34)11-9-19)26(29(36)30(33)37)28(35)22-15-21(16(2)3)24(38-5)13-17(22)4/h7-16,27,34-35H,6H2,1-5H3/b28-26+. The number of carbonyl (C=O) groups excluding carboxylic acids is 2. The van der Waals surface area contributed by atoms with Crippen molar-refractivity contribution >= 4 is 44.1 Å². The number of phenols is 1. The molecule has 1 atom stereocenters. The number of hydrogen-bond donors (Lipinski definition) is 2. The van der Waals surface area contributed by atoms with Crippen LogP contribution in [-0.2, 0) is 16.0 Å². The van der Waals surface area contributed by atoms with Crippen molar-refractivity contribution in [1.29, 1.82) is 0 Å². The number of aromatic nitrogens is 1. The van der Waals surface area contributed by atoms with E-state index in [1.807, 2.05) is 51.1 Å². The molecule has 0 aliphatic carbocycles. The van der Waals surface area contributed by atoms with Crippen molar-refractivity contribution in [3.8, 4) is 11.5 Å². The highest BCUT2D eigenvalue weighted by atomic mass is 32.1. The lowest BCUT2D eigenvalue weighted by molar-refractivity contribution is -0.132. The summed E-state index contributed by atoms with van der Waals surface area (Å²) in [5.74, 6) is -0.977. The fraction of sp³-hybridized carbons (Fsp3) is 0.258. The maximum Gasteiger partial charge on any atom is 0.301 e. The fourth-order valence-corrected chi connectivity index (χ4v) is 6.06. The number of carbonyl (C=O) groups is 2. The van der Waals surface area contributed by atoms with E-state index in [1.165, 1.54) is 28.4 Å². The van der Waals surface area contributed by atoms with Crippen molar-refractivity contribution < 1.29 is 24.5 Å². The summed E-state index contributed by atoms with van der Waals surface area (Å²) in [5.41, 5.74) is 4.45. The Hall–Kier alpha value is -4.17. The Bertz CT molecular complexity index is 1630. The van der Waals surface area contributed by atoms with Crippen molar-refractivity contribution in [1.82, 2.24) is 4.98 Å². The monoisotopic (exact) mass is 542 g/mol. The van der Waals surface area contributed by atoms with Crippen LogP contribution in [0.1, 0.15) is 60.5 Å². The van der Waals surface area contributed by atoms with Gasteiger partial charge in [-0.05, 0) is 77.9 Å². The van der Waals surface area contributed by atoms with Gasteiger partial charge in [-0.15, -0.1) is 0 Å². The average Bonchev–Trinajstić information content (AvgIpc) is 3.45. The molecule has 4 aromatic rings. The van der Waals surface area contributed by atoms with E-state index in [0.29, 0.717) is 27.6 Å². The molecule has 1 aromatic heterocycles. The number of amides is 1. The molecule has 1 amide bonds. The first kappa shape index (κ1) is 26.4. The maximum absolute atomic E-state index is 13.6. The topological polar surface area (TPSA) is 100.0 Å². The SMILES string of the molecule is CCc1ccc2nc(N3C(=O)C(=O)/C(=C(/O)c4cc(C(C)C)c(OC)cc4C)C3c3ccc(O)cc3)sc2c1. The Kier molecular flexibility index (Phi) is 6.91. The number of thiazole rings is 1. The van der Waals surface area contributed by atoms with E-state index >= 15 is 0 Å². The minimum absolute atomic E-state index is 0.0258. The minimum atomic E-state index is -0.930. The van der Waals surface area contributed by atoms with E-state index in [2.05, 4.69) is 6.92 Å². The minimum Gasteiger partial charge on any atom is -0.508 e. The zero-order valence-electron chi connectivity index (χ0n) is 22.5. The van der Waals surface area contributed by atoms with E-state index in [-0.39, 0.29) is 23.0 Å². The normalized spacial score (nSPS) is 17.0. The van der Waals surface area contributed by atoms with Gasteiger partial charge in [0.2, 0.25) is 0 Å². The summed E-state index contributed by atoms with van der Waals surface area (Å²) in [6.07, 6.45) is 0.862. The van der Waals surface area contributed by atoms with Gasteiger partial charge in [0.15, 0.2) is 5.13 Å². The molecule has 1 fully saturated rings. The summed E-state index contributed by atoms with van der Waals surface area (Å²) in [7, 11) is 1.60. The molecule has 1 aliphatic heterocycles. The molecule has 0 saturated carbocycles. The van der Waals surface area contributed by atoms with Gasteiger partial charge in [-0.1, -0.05) is 50.3 Å². The van der Waals surface area contributed by atoms with E-state index in [9.17, 15) is 19.8 Å². The number of hydrogen-bond acceptors (Lipinski definition) is 7. The van der Waals surface area contributed by atoms with Crippen LogP contribution in [0.3, 0.4) is 0 Å². The largest absolute Gasteiger partial charge is 0.508 e. The van der Waals surface area contributed by atoms with Gasteiger partial charge >= 0.3 is 5.91 Å². The van der Waals surface area contributed by atoms with Crippen LogP contribution in [0.4, 0.5) is 5.13 Å². The number of anilines is 1. The smallest absolute Gasteiger partial charge is 0.301 e. The van der Waals surface area contributed by atoms with Crippen LogP contribution >= 0.6 is 11.3 Å². The molecule has 2 N–H and O–H groups in total. The Morgan fingerprint density at radius 2 is 1.82 bits per heavy atom. The van der Waals surface area contributed by atoms with Crippen LogP contribution < -0.4 is 9.64 Å². The highest BCUT2D eigenvalue weighted by molar-refractivity contribution is 7.22.